The maximum Gasteiger partial charge on any atom is 0.251 e. The van der Waals surface area contributed by atoms with Crippen LogP contribution in [0.3, 0.4) is 0 Å². The second-order valence-corrected chi connectivity index (χ2v) is 12.1. The van der Waals surface area contributed by atoms with Crippen molar-refractivity contribution in [2.75, 3.05) is 26.7 Å². The third-order valence-electron chi connectivity index (χ3n) is 9.38. The van der Waals surface area contributed by atoms with Gasteiger partial charge in [-0.1, -0.05) is 37.5 Å². The van der Waals surface area contributed by atoms with Gasteiger partial charge in [-0.3, -0.25) is 19.3 Å². The summed E-state index contributed by atoms with van der Waals surface area (Å²) in [5, 5.41) is 16.7. The molecule has 238 valence electrons. The zero-order valence-electron chi connectivity index (χ0n) is 25.5. The molecule has 3 fully saturated rings. The van der Waals surface area contributed by atoms with Crippen LogP contribution in [0.25, 0.3) is 0 Å². The number of likely N-dealkylation sites (tertiary alicyclic amines) is 1. The molecule has 0 aromatic heterocycles. The van der Waals surface area contributed by atoms with E-state index in [2.05, 4.69) is 22.1 Å². The van der Waals surface area contributed by atoms with Gasteiger partial charge in [-0.15, -0.1) is 19.0 Å². The predicted molar refractivity (Wildman–Crippen MR) is 172 cm³/mol. The Hall–Kier alpha value is -3.40. The SMILES string of the molecule is C=CCCN1C(=O)[C@@H]([C@H](O)C2CCCCC2)NC(=O)C12CCN(Cc1ccc(Oc3ccc(C(=O)NC)cc3)cc1)CC2.Cl. The molecule has 5 rings (SSSR count). The van der Waals surface area contributed by atoms with Gasteiger partial charge >= 0.3 is 0 Å². The molecule has 1 saturated carbocycles. The lowest BCUT2D eigenvalue weighted by molar-refractivity contribution is -0.165. The van der Waals surface area contributed by atoms with Crippen LogP contribution in [0.5, 0.6) is 11.5 Å². The van der Waals surface area contributed by atoms with Gasteiger partial charge in [-0.05, 0) is 80.0 Å². The van der Waals surface area contributed by atoms with Crippen molar-refractivity contribution in [3.63, 3.8) is 0 Å². The number of amides is 3. The average molecular weight is 625 g/mol. The molecule has 0 radical (unpaired) electrons. The summed E-state index contributed by atoms with van der Waals surface area (Å²) < 4.78 is 5.94. The van der Waals surface area contributed by atoms with Crippen molar-refractivity contribution in [3.05, 3.63) is 72.3 Å². The Labute approximate surface area is 266 Å². The van der Waals surface area contributed by atoms with Gasteiger partial charge in [0, 0.05) is 38.8 Å². The van der Waals surface area contributed by atoms with Crippen molar-refractivity contribution in [2.24, 2.45) is 5.92 Å². The number of aliphatic hydroxyl groups excluding tert-OH is 1. The number of hydrogen-bond donors (Lipinski definition) is 3. The minimum atomic E-state index is -0.898. The highest BCUT2D eigenvalue weighted by atomic mass is 35.5. The Balaban J connectivity index is 0.00000442. The molecule has 3 amide bonds. The number of nitrogens with one attached hydrogen (secondary N) is 2. The number of rotatable bonds is 10. The van der Waals surface area contributed by atoms with Crippen LogP contribution in [0, 0.1) is 5.92 Å². The third kappa shape index (κ3) is 7.28. The van der Waals surface area contributed by atoms with Gasteiger partial charge in [0.2, 0.25) is 11.8 Å². The number of benzene rings is 2. The minimum Gasteiger partial charge on any atom is -0.457 e. The summed E-state index contributed by atoms with van der Waals surface area (Å²) >= 11 is 0. The number of carbonyl (C=O) groups excluding carboxylic acids is 3. The van der Waals surface area contributed by atoms with Crippen LogP contribution in [-0.4, -0.2) is 77.0 Å². The van der Waals surface area contributed by atoms with Gasteiger partial charge < -0.3 is 25.4 Å². The topological polar surface area (TPSA) is 111 Å². The van der Waals surface area contributed by atoms with E-state index in [1.807, 2.05) is 24.3 Å². The van der Waals surface area contributed by atoms with E-state index in [9.17, 15) is 19.5 Å². The first-order valence-corrected chi connectivity index (χ1v) is 15.6. The monoisotopic (exact) mass is 624 g/mol. The summed E-state index contributed by atoms with van der Waals surface area (Å²) in [6.45, 7) is 6.34. The van der Waals surface area contributed by atoms with Crippen LogP contribution in [0.2, 0.25) is 0 Å². The Kier molecular flexibility index (Phi) is 11.5. The molecule has 0 bridgehead atoms. The predicted octanol–water partition coefficient (Wildman–Crippen LogP) is 4.44. The normalized spacial score (nSPS) is 21.2. The van der Waals surface area contributed by atoms with Gasteiger partial charge in [0.05, 0.1) is 6.10 Å². The largest absolute Gasteiger partial charge is 0.457 e. The van der Waals surface area contributed by atoms with Crippen LogP contribution in [0.4, 0.5) is 0 Å². The van der Waals surface area contributed by atoms with Crippen molar-refractivity contribution in [1.82, 2.24) is 20.4 Å². The summed E-state index contributed by atoms with van der Waals surface area (Å²) in [5.74, 6) is 0.960. The second kappa shape index (κ2) is 15.1. The molecular weight excluding hydrogens is 580 g/mol. The average Bonchev–Trinajstić information content (AvgIpc) is 3.04. The smallest absolute Gasteiger partial charge is 0.251 e. The lowest BCUT2D eigenvalue weighted by Gasteiger charge is -2.52. The van der Waals surface area contributed by atoms with E-state index >= 15 is 0 Å². The molecular formula is C34H45ClN4O5. The number of hydrogen-bond acceptors (Lipinski definition) is 6. The van der Waals surface area contributed by atoms with E-state index < -0.39 is 17.7 Å². The van der Waals surface area contributed by atoms with Crippen LogP contribution < -0.4 is 15.4 Å². The highest BCUT2D eigenvalue weighted by Gasteiger charge is 2.55. The van der Waals surface area contributed by atoms with E-state index in [0.717, 1.165) is 44.2 Å². The van der Waals surface area contributed by atoms with E-state index in [-0.39, 0.29) is 36.0 Å². The molecule has 2 aromatic carbocycles. The van der Waals surface area contributed by atoms with Crippen LogP contribution in [-0.2, 0) is 16.1 Å². The number of nitrogens with zero attached hydrogens (tertiary/aromatic N) is 2. The molecule has 3 N–H and O–H groups in total. The standard InChI is InChI=1S/C34H44N4O5.ClH/c1-3-4-20-38-32(41)29(30(39)25-8-6-5-7-9-25)36-33(42)34(38)18-21-37(22-19-34)23-24-10-14-27(15-11-24)43-28-16-12-26(13-17-28)31(40)35-2;/h3,10-17,25,29-30,39H,1,4-9,18-23H2,2H3,(H,35,40)(H,36,42);1H/t29-,30-;/m1./s1. The fraction of sp³-hybridized carbons (Fsp3) is 0.500. The molecule has 44 heavy (non-hydrogen) atoms. The Morgan fingerprint density at radius 3 is 2.27 bits per heavy atom. The zero-order valence-corrected chi connectivity index (χ0v) is 26.3. The molecule has 1 spiro atoms. The van der Waals surface area contributed by atoms with E-state index in [1.54, 1.807) is 42.3 Å². The summed E-state index contributed by atoms with van der Waals surface area (Å²) in [5.41, 5.74) is 0.802. The highest BCUT2D eigenvalue weighted by Crippen LogP contribution is 2.36. The molecule has 9 nitrogen and oxygen atoms in total. The zero-order chi connectivity index (χ0) is 30.4. The van der Waals surface area contributed by atoms with E-state index in [4.69, 9.17) is 4.74 Å². The maximum absolute atomic E-state index is 13.8. The van der Waals surface area contributed by atoms with E-state index in [1.165, 1.54) is 0 Å². The number of piperidine rings is 1. The molecule has 2 aromatic rings. The highest BCUT2D eigenvalue weighted by molar-refractivity contribution is 6.00. The number of carbonyl (C=O) groups is 3. The third-order valence-corrected chi connectivity index (χ3v) is 9.38. The minimum absolute atomic E-state index is 0. The molecule has 3 aliphatic rings. The maximum atomic E-state index is 13.8. The summed E-state index contributed by atoms with van der Waals surface area (Å²) in [6.07, 6.45) is 7.68. The lowest BCUT2D eigenvalue weighted by atomic mass is 9.78. The van der Waals surface area contributed by atoms with Gasteiger partial charge in [0.25, 0.3) is 5.91 Å². The van der Waals surface area contributed by atoms with Crippen molar-refractivity contribution in [2.45, 2.75) is 75.6 Å². The lowest BCUT2D eigenvalue weighted by Crippen LogP contribution is -2.75. The van der Waals surface area contributed by atoms with Crippen molar-refractivity contribution in [1.29, 1.82) is 0 Å². The van der Waals surface area contributed by atoms with Gasteiger partial charge in [-0.25, -0.2) is 0 Å². The Morgan fingerprint density at radius 1 is 1.07 bits per heavy atom. The number of ether oxygens (including phenoxy) is 1. The van der Waals surface area contributed by atoms with Gasteiger partial charge in [0.15, 0.2) is 0 Å². The number of halogens is 1. The first-order chi connectivity index (χ1) is 20.8. The van der Waals surface area contributed by atoms with Crippen LogP contribution in [0.15, 0.2) is 61.2 Å². The van der Waals surface area contributed by atoms with E-state index in [0.29, 0.717) is 56.0 Å². The fourth-order valence-corrected chi connectivity index (χ4v) is 6.82. The first-order valence-electron chi connectivity index (χ1n) is 15.6. The summed E-state index contributed by atoms with van der Waals surface area (Å²) in [4.78, 5) is 43.3. The number of aliphatic hydroxyl groups is 1. The van der Waals surface area contributed by atoms with Crippen molar-refractivity contribution in [3.8, 4) is 11.5 Å². The van der Waals surface area contributed by atoms with Crippen molar-refractivity contribution < 1.29 is 24.2 Å². The molecule has 2 aliphatic heterocycles. The Bertz CT molecular complexity index is 1290. The van der Waals surface area contributed by atoms with Crippen LogP contribution in [0.1, 0.15) is 67.3 Å². The van der Waals surface area contributed by atoms with Gasteiger partial charge in [-0.2, -0.15) is 0 Å². The Morgan fingerprint density at radius 2 is 1.68 bits per heavy atom. The fourth-order valence-electron chi connectivity index (χ4n) is 6.82. The molecule has 2 saturated heterocycles. The molecule has 0 unspecified atom stereocenters. The van der Waals surface area contributed by atoms with Crippen molar-refractivity contribution >= 4 is 30.1 Å². The first kappa shape index (κ1) is 33.5. The summed E-state index contributed by atoms with van der Waals surface area (Å²) in [7, 11) is 1.60. The van der Waals surface area contributed by atoms with Gasteiger partial charge in [0.1, 0.15) is 23.1 Å². The number of piperazine rings is 1. The second-order valence-electron chi connectivity index (χ2n) is 12.1. The molecule has 2 atom stereocenters. The molecule has 1 aliphatic carbocycles. The molecule has 10 heteroatoms. The van der Waals surface area contributed by atoms with Crippen LogP contribution >= 0.6 is 12.4 Å². The summed E-state index contributed by atoms with van der Waals surface area (Å²) in [6, 6.07) is 14.0. The molecule has 2 heterocycles. The quantitative estimate of drug-likeness (QED) is 0.337.